The molecular formula is C13H15BrN4O. The summed E-state index contributed by atoms with van der Waals surface area (Å²) in [6.07, 6.45) is 2.08. The normalized spacial score (nSPS) is 16.9. The van der Waals surface area contributed by atoms with Gasteiger partial charge in [-0.1, -0.05) is 6.07 Å². The highest BCUT2D eigenvalue weighted by Crippen LogP contribution is 2.31. The van der Waals surface area contributed by atoms with E-state index in [-0.39, 0.29) is 0 Å². The Labute approximate surface area is 119 Å². The van der Waals surface area contributed by atoms with Crippen LogP contribution in [-0.2, 0) is 0 Å². The van der Waals surface area contributed by atoms with E-state index in [1.54, 1.807) is 6.07 Å². The molecule has 1 aromatic carbocycles. The topological polar surface area (TPSA) is 72.9 Å². The van der Waals surface area contributed by atoms with Crippen LogP contribution in [0.15, 0.2) is 22.8 Å². The first-order valence-electron chi connectivity index (χ1n) is 6.35. The number of nitrogens with one attached hydrogen (secondary N) is 1. The molecule has 5 nitrogen and oxygen atoms in total. The van der Waals surface area contributed by atoms with Gasteiger partial charge in [0.1, 0.15) is 10.1 Å². The van der Waals surface area contributed by atoms with Gasteiger partial charge in [0.25, 0.3) is 5.91 Å². The van der Waals surface area contributed by atoms with Gasteiger partial charge in [-0.05, 0) is 54.0 Å². The minimum atomic E-state index is -0.437. The Bertz CT molecular complexity index is 631. The molecule has 1 aliphatic rings. The molecule has 0 bridgehead atoms. The van der Waals surface area contributed by atoms with Gasteiger partial charge < -0.3 is 11.1 Å². The maximum atomic E-state index is 11.5. The summed E-state index contributed by atoms with van der Waals surface area (Å²) in [6.45, 7) is 1.99. The van der Waals surface area contributed by atoms with Crippen LogP contribution in [0.2, 0.25) is 0 Å². The smallest absolute Gasteiger partial charge is 0.250 e. The summed E-state index contributed by atoms with van der Waals surface area (Å²) in [7, 11) is 0. The molecule has 0 aliphatic carbocycles. The number of piperidine rings is 1. The van der Waals surface area contributed by atoms with Crippen molar-refractivity contribution in [2.75, 3.05) is 13.1 Å². The van der Waals surface area contributed by atoms with Crippen molar-refractivity contribution in [3.63, 3.8) is 0 Å². The Kier molecular flexibility index (Phi) is 3.28. The lowest BCUT2D eigenvalue weighted by Gasteiger charge is -2.23. The molecule has 0 saturated carbocycles. The predicted molar refractivity (Wildman–Crippen MR) is 77.1 cm³/mol. The van der Waals surface area contributed by atoms with Gasteiger partial charge in [0.2, 0.25) is 0 Å². The average Bonchev–Trinajstić information content (AvgIpc) is 2.77. The third-order valence-corrected chi connectivity index (χ3v) is 4.38. The number of fused-ring (bicyclic) bond motifs is 1. The molecule has 0 unspecified atom stereocenters. The Morgan fingerprint density at radius 1 is 1.42 bits per heavy atom. The summed E-state index contributed by atoms with van der Waals surface area (Å²) < 4.78 is 2.91. The fourth-order valence-corrected chi connectivity index (χ4v) is 3.27. The number of hydrogen-bond donors (Lipinski definition) is 2. The highest BCUT2D eigenvalue weighted by Gasteiger charge is 2.21. The summed E-state index contributed by atoms with van der Waals surface area (Å²) in [5.41, 5.74) is 6.56. The number of primary amides is 1. The molecule has 6 heteroatoms. The molecule has 1 aliphatic heterocycles. The highest BCUT2D eigenvalue weighted by atomic mass is 79.9. The molecule has 3 N–H and O–H groups in total. The molecule has 1 fully saturated rings. The maximum absolute atomic E-state index is 11.5. The Hall–Kier alpha value is -1.40. The van der Waals surface area contributed by atoms with E-state index in [0.717, 1.165) is 35.9 Å². The number of aromatic nitrogens is 2. The van der Waals surface area contributed by atoms with E-state index >= 15 is 0 Å². The zero-order valence-electron chi connectivity index (χ0n) is 10.4. The van der Waals surface area contributed by atoms with Gasteiger partial charge >= 0.3 is 0 Å². The quantitative estimate of drug-likeness (QED) is 0.885. The van der Waals surface area contributed by atoms with E-state index in [4.69, 9.17) is 5.73 Å². The monoisotopic (exact) mass is 322 g/mol. The van der Waals surface area contributed by atoms with Gasteiger partial charge in [-0.3, -0.25) is 9.48 Å². The van der Waals surface area contributed by atoms with Crippen LogP contribution in [0.5, 0.6) is 0 Å². The first-order valence-corrected chi connectivity index (χ1v) is 7.15. The summed E-state index contributed by atoms with van der Waals surface area (Å²) in [5.74, 6) is -0.437. The van der Waals surface area contributed by atoms with Crippen molar-refractivity contribution in [1.29, 1.82) is 0 Å². The Balaban J connectivity index is 2.13. The summed E-state index contributed by atoms with van der Waals surface area (Å²) >= 11 is 3.60. The van der Waals surface area contributed by atoms with Crippen molar-refractivity contribution in [2.45, 2.75) is 18.9 Å². The molecule has 1 saturated heterocycles. The number of halogens is 1. The van der Waals surface area contributed by atoms with E-state index < -0.39 is 5.91 Å². The second-order valence-corrected chi connectivity index (χ2v) is 5.53. The van der Waals surface area contributed by atoms with Gasteiger partial charge in [-0.15, -0.1) is 0 Å². The van der Waals surface area contributed by atoms with Crippen LogP contribution >= 0.6 is 15.9 Å². The third kappa shape index (κ3) is 2.15. The van der Waals surface area contributed by atoms with Crippen molar-refractivity contribution >= 4 is 32.7 Å². The zero-order valence-corrected chi connectivity index (χ0v) is 12.0. The van der Waals surface area contributed by atoms with Crippen LogP contribution in [-0.4, -0.2) is 28.8 Å². The predicted octanol–water partition coefficient (Wildman–Crippen LogP) is 1.82. The third-order valence-electron chi connectivity index (χ3n) is 3.59. The lowest BCUT2D eigenvalue weighted by molar-refractivity contribution is 0.100. The van der Waals surface area contributed by atoms with Gasteiger partial charge in [0, 0.05) is 5.39 Å². The molecule has 2 aromatic rings. The number of amides is 1. The molecule has 0 spiro atoms. The van der Waals surface area contributed by atoms with Gasteiger partial charge in [0.05, 0.1) is 11.6 Å². The SMILES string of the molecule is NC(=O)c1cccc2c(Br)n(C3CCNCC3)nc12. The van der Waals surface area contributed by atoms with Gasteiger partial charge in [0.15, 0.2) is 0 Å². The van der Waals surface area contributed by atoms with Crippen molar-refractivity contribution in [1.82, 2.24) is 15.1 Å². The first kappa shape index (κ1) is 12.6. The van der Waals surface area contributed by atoms with Crippen LogP contribution < -0.4 is 11.1 Å². The highest BCUT2D eigenvalue weighted by molar-refractivity contribution is 9.10. The molecule has 0 atom stereocenters. The fraction of sp³-hybridized carbons (Fsp3) is 0.385. The minimum absolute atomic E-state index is 0.365. The van der Waals surface area contributed by atoms with Crippen LogP contribution in [0.4, 0.5) is 0 Å². The lowest BCUT2D eigenvalue weighted by atomic mass is 10.1. The van der Waals surface area contributed by atoms with E-state index in [1.807, 2.05) is 16.8 Å². The number of hydrogen-bond acceptors (Lipinski definition) is 3. The Morgan fingerprint density at radius 2 is 2.16 bits per heavy atom. The largest absolute Gasteiger partial charge is 0.366 e. The molecule has 3 rings (SSSR count). The van der Waals surface area contributed by atoms with Crippen LogP contribution in [0, 0.1) is 0 Å². The van der Waals surface area contributed by atoms with Crippen LogP contribution in [0.1, 0.15) is 29.2 Å². The molecular weight excluding hydrogens is 308 g/mol. The minimum Gasteiger partial charge on any atom is -0.366 e. The second kappa shape index (κ2) is 4.94. The molecule has 100 valence electrons. The Morgan fingerprint density at radius 3 is 2.84 bits per heavy atom. The first-order chi connectivity index (χ1) is 9.18. The van der Waals surface area contributed by atoms with E-state index in [2.05, 4.69) is 26.3 Å². The second-order valence-electron chi connectivity index (χ2n) is 4.78. The lowest BCUT2D eigenvalue weighted by Crippen LogP contribution is -2.30. The summed E-state index contributed by atoms with van der Waals surface area (Å²) in [4.78, 5) is 11.5. The average molecular weight is 323 g/mol. The molecule has 2 heterocycles. The number of benzene rings is 1. The number of carbonyl (C=O) groups is 1. The van der Waals surface area contributed by atoms with Crippen molar-refractivity contribution in [2.24, 2.45) is 5.73 Å². The summed E-state index contributed by atoms with van der Waals surface area (Å²) in [6, 6.07) is 5.87. The van der Waals surface area contributed by atoms with Crippen LogP contribution in [0.3, 0.4) is 0 Å². The summed E-state index contributed by atoms with van der Waals surface area (Å²) in [5, 5.41) is 8.87. The van der Waals surface area contributed by atoms with Crippen molar-refractivity contribution in [3.8, 4) is 0 Å². The maximum Gasteiger partial charge on any atom is 0.250 e. The zero-order chi connectivity index (χ0) is 13.4. The van der Waals surface area contributed by atoms with E-state index in [0.29, 0.717) is 17.1 Å². The van der Waals surface area contributed by atoms with E-state index in [9.17, 15) is 4.79 Å². The molecule has 19 heavy (non-hydrogen) atoms. The fourth-order valence-electron chi connectivity index (χ4n) is 2.58. The molecule has 0 radical (unpaired) electrons. The van der Waals surface area contributed by atoms with Crippen molar-refractivity contribution < 1.29 is 4.79 Å². The number of nitrogens with two attached hydrogens (primary N) is 1. The van der Waals surface area contributed by atoms with Gasteiger partial charge in [-0.2, -0.15) is 5.10 Å². The van der Waals surface area contributed by atoms with Gasteiger partial charge in [-0.25, -0.2) is 0 Å². The van der Waals surface area contributed by atoms with E-state index in [1.165, 1.54) is 0 Å². The standard InChI is InChI=1S/C13H15BrN4O/c14-12-9-2-1-3-10(13(15)19)11(9)17-18(12)8-4-6-16-7-5-8/h1-3,8,16H,4-7H2,(H2,15,19). The molecule has 1 aromatic heterocycles. The van der Waals surface area contributed by atoms with Crippen molar-refractivity contribution in [3.05, 3.63) is 28.4 Å². The molecule has 1 amide bonds. The number of rotatable bonds is 2. The van der Waals surface area contributed by atoms with Crippen LogP contribution in [0.25, 0.3) is 10.9 Å². The number of nitrogens with zero attached hydrogens (tertiary/aromatic N) is 2. The number of carbonyl (C=O) groups excluding carboxylic acids is 1.